The summed E-state index contributed by atoms with van der Waals surface area (Å²) in [6, 6.07) is 13.0. The molecule has 7 heteroatoms. The Labute approximate surface area is 149 Å². The lowest BCUT2D eigenvalue weighted by Crippen LogP contribution is -2.28. The molecule has 7 nitrogen and oxygen atoms in total. The molecular formula is C19H18N4O3. The molecule has 4 rings (SSSR count). The summed E-state index contributed by atoms with van der Waals surface area (Å²) in [5.74, 6) is 0.292. The smallest absolute Gasteiger partial charge is 0.357 e. The summed E-state index contributed by atoms with van der Waals surface area (Å²) >= 11 is 0. The molecule has 1 aromatic carbocycles. The van der Waals surface area contributed by atoms with Gasteiger partial charge in [-0.2, -0.15) is 0 Å². The maximum absolute atomic E-state index is 12.6. The van der Waals surface area contributed by atoms with Crippen LogP contribution in [0.25, 0.3) is 5.65 Å². The molecule has 132 valence electrons. The van der Waals surface area contributed by atoms with Crippen LogP contribution in [-0.2, 0) is 6.42 Å². The van der Waals surface area contributed by atoms with Gasteiger partial charge in [-0.15, -0.1) is 0 Å². The Balaban J connectivity index is 1.86. The lowest BCUT2D eigenvalue weighted by atomic mass is 9.80. The van der Waals surface area contributed by atoms with Crippen LogP contribution in [0.5, 0.6) is 0 Å². The molecule has 0 amide bonds. The summed E-state index contributed by atoms with van der Waals surface area (Å²) in [5.41, 5.74) is 1.50. The van der Waals surface area contributed by atoms with Crippen molar-refractivity contribution in [2.45, 2.75) is 25.8 Å². The van der Waals surface area contributed by atoms with Crippen LogP contribution in [-0.4, -0.2) is 14.3 Å². The second kappa shape index (κ2) is 6.25. The number of benzene rings is 1. The number of rotatable bonds is 3. The van der Waals surface area contributed by atoms with Gasteiger partial charge < -0.3 is 5.32 Å². The van der Waals surface area contributed by atoms with Crippen LogP contribution in [0.15, 0.2) is 53.5 Å². The predicted molar refractivity (Wildman–Crippen MR) is 98.4 cm³/mol. The zero-order valence-electron chi connectivity index (χ0n) is 14.3. The summed E-state index contributed by atoms with van der Waals surface area (Å²) in [5, 5.41) is 14.8. The van der Waals surface area contributed by atoms with Gasteiger partial charge in [-0.05, 0) is 42.0 Å². The van der Waals surface area contributed by atoms with Crippen molar-refractivity contribution in [2.24, 2.45) is 5.92 Å². The van der Waals surface area contributed by atoms with E-state index < -0.39 is 16.2 Å². The molecule has 0 spiro atoms. The number of anilines is 1. The van der Waals surface area contributed by atoms with Gasteiger partial charge in [0.1, 0.15) is 5.65 Å². The fourth-order valence-corrected chi connectivity index (χ4v) is 3.63. The molecule has 1 aliphatic carbocycles. The van der Waals surface area contributed by atoms with Crippen molar-refractivity contribution in [3.63, 3.8) is 0 Å². The van der Waals surface area contributed by atoms with Crippen LogP contribution in [0.2, 0.25) is 0 Å². The molecule has 0 fully saturated rings. The van der Waals surface area contributed by atoms with Crippen LogP contribution in [0.4, 0.5) is 11.5 Å². The largest absolute Gasteiger partial charge is 0.376 e. The zero-order chi connectivity index (χ0) is 18.3. The third-order valence-corrected chi connectivity index (χ3v) is 5.01. The van der Waals surface area contributed by atoms with Crippen molar-refractivity contribution < 1.29 is 4.92 Å². The van der Waals surface area contributed by atoms with E-state index >= 15 is 0 Å². The maximum atomic E-state index is 12.6. The van der Waals surface area contributed by atoms with Gasteiger partial charge in [0.05, 0.1) is 11.0 Å². The first-order valence-electron chi connectivity index (χ1n) is 8.56. The highest BCUT2D eigenvalue weighted by Gasteiger charge is 2.31. The zero-order valence-corrected chi connectivity index (χ0v) is 14.3. The van der Waals surface area contributed by atoms with E-state index in [-0.39, 0.29) is 17.8 Å². The van der Waals surface area contributed by atoms with E-state index in [1.807, 2.05) is 18.2 Å². The van der Waals surface area contributed by atoms with Gasteiger partial charge in [-0.1, -0.05) is 37.3 Å². The third kappa shape index (κ3) is 2.61. The van der Waals surface area contributed by atoms with Crippen molar-refractivity contribution in [1.29, 1.82) is 0 Å². The van der Waals surface area contributed by atoms with Gasteiger partial charge >= 0.3 is 11.2 Å². The van der Waals surface area contributed by atoms with Crippen LogP contribution in [0.3, 0.4) is 0 Å². The minimum atomic E-state index is -0.681. The number of pyridine rings is 1. The number of aromatic nitrogens is 2. The van der Waals surface area contributed by atoms with Crippen molar-refractivity contribution in [3.05, 3.63) is 80.3 Å². The van der Waals surface area contributed by atoms with Crippen molar-refractivity contribution >= 4 is 17.2 Å². The second-order valence-electron chi connectivity index (χ2n) is 6.64. The Morgan fingerprint density at radius 3 is 2.81 bits per heavy atom. The quantitative estimate of drug-likeness (QED) is 0.578. The van der Waals surface area contributed by atoms with Crippen molar-refractivity contribution in [2.75, 3.05) is 5.32 Å². The second-order valence-corrected chi connectivity index (χ2v) is 6.64. The van der Waals surface area contributed by atoms with E-state index in [9.17, 15) is 14.9 Å². The van der Waals surface area contributed by atoms with E-state index in [4.69, 9.17) is 0 Å². The van der Waals surface area contributed by atoms with Gasteiger partial charge in [0, 0.05) is 6.20 Å². The summed E-state index contributed by atoms with van der Waals surface area (Å²) in [6.07, 6.45) is 3.43. The van der Waals surface area contributed by atoms with Gasteiger partial charge in [0.15, 0.2) is 0 Å². The Bertz CT molecular complexity index is 1060. The predicted octanol–water partition coefficient (Wildman–Crippen LogP) is 3.34. The Hall–Kier alpha value is -3.22. The van der Waals surface area contributed by atoms with E-state index in [0.29, 0.717) is 5.65 Å². The molecule has 2 heterocycles. The molecule has 0 bridgehead atoms. The van der Waals surface area contributed by atoms with Crippen LogP contribution < -0.4 is 10.9 Å². The Morgan fingerprint density at radius 1 is 1.23 bits per heavy atom. The first-order valence-corrected chi connectivity index (χ1v) is 8.56. The molecule has 0 saturated heterocycles. The monoisotopic (exact) mass is 350 g/mol. The molecule has 0 radical (unpaired) electrons. The molecule has 1 aliphatic rings. The number of nitrogens with one attached hydrogen (secondary N) is 1. The molecule has 0 saturated carbocycles. The molecule has 26 heavy (non-hydrogen) atoms. The van der Waals surface area contributed by atoms with E-state index in [2.05, 4.69) is 23.3 Å². The summed E-state index contributed by atoms with van der Waals surface area (Å²) in [7, 11) is 0. The lowest BCUT2D eigenvalue weighted by molar-refractivity contribution is -0.385. The van der Waals surface area contributed by atoms with Crippen molar-refractivity contribution in [3.8, 4) is 0 Å². The van der Waals surface area contributed by atoms with Gasteiger partial charge in [-0.25, -0.2) is 4.98 Å². The molecular weight excluding hydrogens is 332 g/mol. The standard InChI is InChI=1S/C19H18N4O3/c1-12-9-10-13-6-2-3-7-14(13)16(12)21-18-17(23(25)26)19(24)22-11-5-4-8-15(22)20-18/h2-8,11-12,16,21H,9-10H2,1H3/t12-,16+/m0/s1. The summed E-state index contributed by atoms with van der Waals surface area (Å²) in [6.45, 7) is 2.10. The fraction of sp³-hybridized carbons (Fsp3) is 0.263. The number of nitro groups is 1. The average molecular weight is 350 g/mol. The molecule has 0 unspecified atom stereocenters. The summed E-state index contributed by atoms with van der Waals surface area (Å²) < 4.78 is 1.20. The van der Waals surface area contributed by atoms with E-state index in [1.54, 1.807) is 18.2 Å². The summed E-state index contributed by atoms with van der Waals surface area (Å²) in [4.78, 5) is 27.9. The van der Waals surface area contributed by atoms with Crippen LogP contribution in [0.1, 0.15) is 30.5 Å². The van der Waals surface area contributed by atoms with Crippen LogP contribution >= 0.6 is 0 Å². The molecule has 0 aliphatic heterocycles. The number of hydrogen-bond donors (Lipinski definition) is 1. The van der Waals surface area contributed by atoms with E-state index in [0.717, 1.165) is 18.4 Å². The van der Waals surface area contributed by atoms with Crippen LogP contribution in [0, 0.1) is 16.0 Å². The van der Waals surface area contributed by atoms with Gasteiger partial charge in [-0.3, -0.25) is 19.3 Å². The highest BCUT2D eigenvalue weighted by molar-refractivity contribution is 5.61. The number of fused-ring (bicyclic) bond motifs is 2. The molecule has 1 N–H and O–H groups in total. The number of hydrogen-bond acceptors (Lipinski definition) is 5. The van der Waals surface area contributed by atoms with Gasteiger partial charge in [0.2, 0.25) is 5.82 Å². The first kappa shape index (κ1) is 16.3. The Kier molecular flexibility index (Phi) is 3.91. The minimum Gasteiger partial charge on any atom is -0.357 e. The molecule has 2 aromatic heterocycles. The lowest BCUT2D eigenvalue weighted by Gasteiger charge is -2.32. The normalized spacial score (nSPS) is 19.1. The average Bonchev–Trinajstić information content (AvgIpc) is 2.64. The maximum Gasteiger partial charge on any atom is 0.376 e. The fourth-order valence-electron chi connectivity index (χ4n) is 3.63. The highest BCUT2D eigenvalue weighted by Crippen LogP contribution is 2.37. The van der Waals surface area contributed by atoms with Crippen molar-refractivity contribution in [1.82, 2.24) is 9.38 Å². The SMILES string of the molecule is C[C@H]1CCc2ccccc2[C@@H]1Nc1nc2ccccn2c(=O)c1[N+](=O)[O-]. The number of aryl methyl sites for hydroxylation is 1. The molecule has 2 atom stereocenters. The minimum absolute atomic E-state index is 0.0275. The highest BCUT2D eigenvalue weighted by atomic mass is 16.6. The first-order chi connectivity index (χ1) is 12.6. The number of nitrogens with zero attached hydrogens (tertiary/aromatic N) is 3. The Morgan fingerprint density at radius 2 is 2.00 bits per heavy atom. The van der Waals surface area contributed by atoms with E-state index in [1.165, 1.54) is 16.2 Å². The van der Waals surface area contributed by atoms with Gasteiger partial charge in [0.25, 0.3) is 0 Å². The topological polar surface area (TPSA) is 89.5 Å². The third-order valence-electron chi connectivity index (χ3n) is 5.01. The molecule has 3 aromatic rings.